The zero-order valence-corrected chi connectivity index (χ0v) is 13.6. The summed E-state index contributed by atoms with van der Waals surface area (Å²) in [5, 5.41) is 0.933. The predicted molar refractivity (Wildman–Crippen MR) is 98.9 cm³/mol. The van der Waals surface area contributed by atoms with E-state index in [-0.39, 0.29) is 5.91 Å². The highest BCUT2D eigenvalue weighted by atomic mass is 16.5. The van der Waals surface area contributed by atoms with Crippen LogP contribution in [0.1, 0.15) is 15.9 Å². The fourth-order valence-corrected chi connectivity index (χ4v) is 2.89. The van der Waals surface area contributed by atoms with Crippen LogP contribution in [0.3, 0.4) is 0 Å². The summed E-state index contributed by atoms with van der Waals surface area (Å²) in [7, 11) is 0. The Kier molecular flexibility index (Phi) is 4.05. The van der Waals surface area contributed by atoms with Crippen molar-refractivity contribution < 1.29 is 9.53 Å². The number of benzene rings is 3. The molecule has 0 saturated carbocycles. The first-order chi connectivity index (χ1) is 12.3. The molecule has 0 atom stereocenters. The van der Waals surface area contributed by atoms with Crippen LogP contribution in [0.5, 0.6) is 5.75 Å². The van der Waals surface area contributed by atoms with Gasteiger partial charge >= 0.3 is 0 Å². The van der Waals surface area contributed by atoms with E-state index in [4.69, 9.17) is 4.74 Å². The molecule has 4 rings (SSSR count). The van der Waals surface area contributed by atoms with Crippen LogP contribution in [0, 0.1) is 0 Å². The van der Waals surface area contributed by atoms with Crippen LogP contribution in [-0.2, 0) is 6.61 Å². The largest absolute Gasteiger partial charge is 0.487 e. The van der Waals surface area contributed by atoms with Gasteiger partial charge in [-0.2, -0.15) is 0 Å². The second-order valence-electron chi connectivity index (χ2n) is 5.83. The van der Waals surface area contributed by atoms with Gasteiger partial charge in [0, 0.05) is 10.9 Å². The number of carbonyl (C=O) groups is 1. The summed E-state index contributed by atoms with van der Waals surface area (Å²) >= 11 is 0. The first kappa shape index (κ1) is 15.2. The Bertz CT molecular complexity index is 1000. The second-order valence-corrected chi connectivity index (χ2v) is 5.83. The number of para-hydroxylation sites is 1. The summed E-state index contributed by atoms with van der Waals surface area (Å²) in [6.07, 6.45) is 1.78. The molecule has 0 spiro atoms. The minimum absolute atomic E-state index is 0.0636. The monoisotopic (exact) mass is 327 g/mol. The molecule has 4 aromatic rings. The van der Waals surface area contributed by atoms with Gasteiger partial charge in [-0.05, 0) is 29.8 Å². The Morgan fingerprint density at radius 3 is 2.20 bits per heavy atom. The Morgan fingerprint density at radius 1 is 0.800 bits per heavy atom. The highest BCUT2D eigenvalue weighted by molar-refractivity contribution is 6.03. The summed E-state index contributed by atoms with van der Waals surface area (Å²) in [6, 6.07) is 27.1. The van der Waals surface area contributed by atoms with Gasteiger partial charge in [0.05, 0.1) is 11.7 Å². The molecular formula is C22H17NO2. The summed E-state index contributed by atoms with van der Waals surface area (Å²) in [5.41, 5.74) is 2.59. The lowest BCUT2D eigenvalue weighted by atomic mass is 10.2. The molecule has 25 heavy (non-hydrogen) atoms. The van der Waals surface area contributed by atoms with Gasteiger partial charge in [-0.15, -0.1) is 0 Å². The molecule has 3 heteroatoms. The molecule has 3 aromatic carbocycles. The van der Waals surface area contributed by atoms with Crippen molar-refractivity contribution in [2.45, 2.75) is 6.61 Å². The number of carbonyl (C=O) groups excluding carboxylic acids is 1. The summed E-state index contributed by atoms with van der Waals surface area (Å²) in [6.45, 7) is 0.467. The molecule has 0 amide bonds. The molecule has 0 radical (unpaired) electrons. The Hall–Kier alpha value is -3.33. The third-order valence-electron chi connectivity index (χ3n) is 4.15. The van der Waals surface area contributed by atoms with Crippen molar-refractivity contribution in [3.05, 3.63) is 102 Å². The molecule has 0 aliphatic rings. The minimum Gasteiger partial charge on any atom is -0.487 e. The van der Waals surface area contributed by atoms with Crippen LogP contribution in [0.4, 0.5) is 0 Å². The van der Waals surface area contributed by atoms with E-state index in [9.17, 15) is 4.79 Å². The molecule has 0 unspecified atom stereocenters. The van der Waals surface area contributed by atoms with E-state index in [0.29, 0.717) is 17.9 Å². The maximum Gasteiger partial charge on any atom is 0.262 e. The number of hydrogen-bond acceptors (Lipinski definition) is 2. The van der Waals surface area contributed by atoms with Crippen LogP contribution in [-0.4, -0.2) is 10.5 Å². The first-order valence-electron chi connectivity index (χ1n) is 8.19. The van der Waals surface area contributed by atoms with Crippen LogP contribution < -0.4 is 4.74 Å². The van der Waals surface area contributed by atoms with E-state index in [0.717, 1.165) is 16.5 Å². The van der Waals surface area contributed by atoms with E-state index >= 15 is 0 Å². The standard InChI is InChI=1S/C22H17NO2/c24-22(18-11-5-2-6-12-18)23-15-21(19-13-7-8-14-20(19)23)25-16-17-9-3-1-4-10-17/h1-15H,16H2. The molecular weight excluding hydrogens is 310 g/mol. The molecule has 0 aliphatic carbocycles. The molecule has 1 heterocycles. The van der Waals surface area contributed by atoms with Gasteiger partial charge in [-0.25, -0.2) is 0 Å². The number of rotatable bonds is 4. The van der Waals surface area contributed by atoms with Crippen molar-refractivity contribution in [2.24, 2.45) is 0 Å². The number of nitrogens with zero attached hydrogens (tertiary/aromatic N) is 1. The molecule has 0 aliphatic heterocycles. The number of fused-ring (bicyclic) bond motifs is 1. The lowest BCUT2D eigenvalue weighted by Crippen LogP contribution is -2.10. The smallest absolute Gasteiger partial charge is 0.262 e. The molecule has 0 saturated heterocycles. The average Bonchev–Trinajstić information content (AvgIpc) is 3.06. The Labute approximate surface area is 146 Å². The molecule has 0 fully saturated rings. The normalized spacial score (nSPS) is 10.7. The zero-order valence-electron chi connectivity index (χ0n) is 13.6. The van der Waals surface area contributed by atoms with E-state index in [1.54, 1.807) is 10.8 Å². The van der Waals surface area contributed by atoms with E-state index < -0.39 is 0 Å². The van der Waals surface area contributed by atoms with Crippen molar-refractivity contribution in [3.63, 3.8) is 0 Å². The third kappa shape index (κ3) is 3.04. The SMILES string of the molecule is O=C(c1ccccc1)n1cc(OCc2ccccc2)c2ccccc21. The van der Waals surface area contributed by atoms with Gasteiger partial charge in [0.25, 0.3) is 5.91 Å². The highest BCUT2D eigenvalue weighted by Crippen LogP contribution is 2.29. The minimum atomic E-state index is -0.0636. The number of ether oxygens (including phenoxy) is 1. The van der Waals surface area contributed by atoms with Crippen molar-refractivity contribution in [3.8, 4) is 5.75 Å². The quantitative estimate of drug-likeness (QED) is 0.533. The van der Waals surface area contributed by atoms with Crippen molar-refractivity contribution in [1.82, 2.24) is 4.57 Å². The van der Waals surface area contributed by atoms with Gasteiger partial charge in [0.2, 0.25) is 0 Å². The fourth-order valence-electron chi connectivity index (χ4n) is 2.89. The Morgan fingerprint density at radius 2 is 1.44 bits per heavy atom. The van der Waals surface area contributed by atoms with Crippen LogP contribution in [0.2, 0.25) is 0 Å². The summed E-state index contributed by atoms with van der Waals surface area (Å²) < 4.78 is 7.66. The van der Waals surface area contributed by atoms with Crippen molar-refractivity contribution in [2.75, 3.05) is 0 Å². The van der Waals surface area contributed by atoms with Crippen LogP contribution in [0.15, 0.2) is 91.1 Å². The van der Waals surface area contributed by atoms with Crippen LogP contribution in [0.25, 0.3) is 10.9 Å². The van der Waals surface area contributed by atoms with Crippen molar-refractivity contribution in [1.29, 1.82) is 0 Å². The molecule has 1 aromatic heterocycles. The van der Waals surface area contributed by atoms with Crippen LogP contribution >= 0.6 is 0 Å². The highest BCUT2D eigenvalue weighted by Gasteiger charge is 2.15. The van der Waals surface area contributed by atoms with E-state index in [1.807, 2.05) is 84.9 Å². The maximum absolute atomic E-state index is 12.9. The first-order valence-corrected chi connectivity index (χ1v) is 8.19. The lowest BCUT2D eigenvalue weighted by molar-refractivity contribution is 0.0964. The second kappa shape index (κ2) is 6.65. The predicted octanol–water partition coefficient (Wildman–Crippen LogP) is 4.91. The fraction of sp³-hybridized carbons (Fsp3) is 0.0455. The van der Waals surface area contributed by atoms with E-state index in [1.165, 1.54) is 0 Å². The van der Waals surface area contributed by atoms with Gasteiger partial charge in [-0.3, -0.25) is 9.36 Å². The van der Waals surface area contributed by atoms with Gasteiger partial charge in [0.1, 0.15) is 12.4 Å². The molecule has 0 bridgehead atoms. The summed E-state index contributed by atoms with van der Waals surface area (Å²) in [5.74, 6) is 0.648. The molecule has 3 nitrogen and oxygen atoms in total. The summed E-state index contributed by atoms with van der Waals surface area (Å²) in [4.78, 5) is 12.9. The zero-order chi connectivity index (χ0) is 17.1. The Balaban J connectivity index is 1.70. The maximum atomic E-state index is 12.9. The molecule has 122 valence electrons. The lowest BCUT2D eigenvalue weighted by Gasteiger charge is -2.04. The van der Waals surface area contributed by atoms with E-state index in [2.05, 4.69) is 0 Å². The average molecular weight is 327 g/mol. The van der Waals surface area contributed by atoms with Gasteiger partial charge in [-0.1, -0.05) is 60.7 Å². The molecule has 0 N–H and O–H groups in total. The number of hydrogen-bond donors (Lipinski definition) is 0. The van der Waals surface area contributed by atoms with Gasteiger partial charge in [0.15, 0.2) is 0 Å². The third-order valence-corrected chi connectivity index (χ3v) is 4.15. The van der Waals surface area contributed by atoms with Gasteiger partial charge < -0.3 is 4.74 Å². The van der Waals surface area contributed by atoms with Crippen molar-refractivity contribution >= 4 is 16.8 Å². The number of aromatic nitrogens is 1. The topological polar surface area (TPSA) is 31.2 Å².